The fourth-order valence-electron chi connectivity index (χ4n) is 1.55. The molecule has 0 amide bonds. The van der Waals surface area contributed by atoms with Crippen LogP contribution in [0.15, 0.2) is 12.2 Å². The van der Waals surface area contributed by atoms with E-state index in [1.807, 2.05) is 13.0 Å². The van der Waals surface area contributed by atoms with Crippen LogP contribution in [0.5, 0.6) is 0 Å². The summed E-state index contributed by atoms with van der Waals surface area (Å²) in [6, 6.07) is 0. The Labute approximate surface area is 60.8 Å². The Bertz CT molecular complexity index is 188. The number of ether oxygens (including phenoxy) is 2. The molecule has 0 N–H and O–H groups in total. The molecule has 0 aromatic rings. The van der Waals surface area contributed by atoms with E-state index in [4.69, 9.17) is 9.47 Å². The zero-order valence-corrected chi connectivity index (χ0v) is 6.39. The van der Waals surface area contributed by atoms with Crippen molar-refractivity contribution < 1.29 is 9.47 Å². The molecule has 0 aliphatic carbocycles. The van der Waals surface area contributed by atoms with Crippen LogP contribution in [0.3, 0.4) is 0 Å². The molecular formula is C8H12O2. The average molecular weight is 140 g/mol. The average Bonchev–Trinajstić information content (AvgIpc) is 2.03. The number of hydrogen-bond donors (Lipinski definition) is 0. The quantitative estimate of drug-likeness (QED) is 0.474. The van der Waals surface area contributed by atoms with Gasteiger partial charge in [-0.2, -0.15) is 0 Å². The van der Waals surface area contributed by atoms with Crippen molar-refractivity contribution in [1.29, 1.82) is 0 Å². The summed E-state index contributed by atoms with van der Waals surface area (Å²) in [5, 5.41) is 0. The summed E-state index contributed by atoms with van der Waals surface area (Å²) >= 11 is 0. The van der Waals surface area contributed by atoms with Crippen LogP contribution >= 0.6 is 0 Å². The number of rotatable bonds is 0. The topological polar surface area (TPSA) is 18.5 Å². The molecule has 0 aromatic heterocycles. The lowest BCUT2D eigenvalue weighted by molar-refractivity contribution is -0.140. The Balaban J connectivity index is 2.32. The molecule has 56 valence electrons. The molecular weight excluding hydrogens is 128 g/mol. The summed E-state index contributed by atoms with van der Waals surface area (Å²) in [4.78, 5) is 0. The first-order valence-electron chi connectivity index (χ1n) is 3.64. The second-order valence-electron chi connectivity index (χ2n) is 3.46. The number of hydrogen-bond acceptors (Lipinski definition) is 2. The lowest BCUT2D eigenvalue weighted by Gasteiger charge is -2.28. The van der Waals surface area contributed by atoms with E-state index in [0.29, 0.717) is 0 Å². The molecule has 0 aromatic carbocycles. The molecule has 0 spiro atoms. The summed E-state index contributed by atoms with van der Waals surface area (Å²) in [6.07, 6.45) is 5.10. The molecule has 2 bridgehead atoms. The van der Waals surface area contributed by atoms with Crippen LogP contribution in [0.2, 0.25) is 0 Å². The summed E-state index contributed by atoms with van der Waals surface area (Å²) in [5.41, 5.74) is -0.0521. The Hall–Kier alpha value is -0.340. The van der Waals surface area contributed by atoms with E-state index in [2.05, 4.69) is 13.0 Å². The van der Waals surface area contributed by atoms with Crippen LogP contribution in [-0.4, -0.2) is 18.0 Å². The highest BCUT2D eigenvalue weighted by atomic mass is 16.8. The van der Waals surface area contributed by atoms with Crippen molar-refractivity contribution in [2.24, 2.45) is 0 Å². The molecule has 0 saturated carbocycles. The molecule has 2 heteroatoms. The van der Waals surface area contributed by atoms with Gasteiger partial charge in [-0.25, -0.2) is 0 Å². The molecule has 2 aliphatic heterocycles. The van der Waals surface area contributed by atoms with Crippen LogP contribution in [0, 0.1) is 0 Å². The third-order valence-electron chi connectivity index (χ3n) is 2.08. The monoisotopic (exact) mass is 140 g/mol. The smallest absolute Gasteiger partial charge is 0.185 e. The largest absolute Gasteiger partial charge is 0.344 e. The van der Waals surface area contributed by atoms with Crippen molar-refractivity contribution in [3.8, 4) is 0 Å². The van der Waals surface area contributed by atoms with Crippen LogP contribution in [0.1, 0.15) is 20.3 Å². The predicted molar refractivity (Wildman–Crippen MR) is 37.6 cm³/mol. The minimum atomic E-state index is -0.424. The maximum Gasteiger partial charge on any atom is 0.185 e. The first kappa shape index (κ1) is 6.38. The molecule has 2 atom stereocenters. The fraction of sp³-hybridized carbons (Fsp3) is 0.750. The lowest BCUT2D eigenvalue weighted by atomic mass is 10.0. The van der Waals surface area contributed by atoms with E-state index in [1.165, 1.54) is 0 Å². The van der Waals surface area contributed by atoms with Gasteiger partial charge in [-0.3, -0.25) is 0 Å². The Kier molecular flexibility index (Phi) is 1.04. The molecule has 0 unspecified atom stereocenters. The second kappa shape index (κ2) is 1.63. The van der Waals surface area contributed by atoms with E-state index < -0.39 is 5.79 Å². The Morgan fingerprint density at radius 3 is 2.80 bits per heavy atom. The van der Waals surface area contributed by atoms with Gasteiger partial charge < -0.3 is 9.47 Å². The van der Waals surface area contributed by atoms with Crippen LogP contribution in [-0.2, 0) is 9.47 Å². The van der Waals surface area contributed by atoms with Crippen molar-refractivity contribution in [2.75, 3.05) is 6.61 Å². The van der Waals surface area contributed by atoms with Gasteiger partial charge in [0.25, 0.3) is 0 Å². The van der Waals surface area contributed by atoms with Gasteiger partial charge >= 0.3 is 0 Å². The maximum absolute atomic E-state index is 5.66. The maximum atomic E-state index is 5.66. The third kappa shape index (κ3) is 0.796. The van der Waals surface area contributed by atoms with Crippen LogP contribution in [0.25, 0.3) is 0 Å². The molecule has 2 nitrogen and oxygen atoms in total. The molecule has 10 heavy (non-hydrogen) atoms. The van der Waals surface area contributed by atoms with Crippen LogP contribution < -0.4 is 0 Å². The SMILES string of the molecule is C[C@]12CC=C[C@](C)(OC1)O2. The molecule has 2 heterocycles. The van der Waals surface area contributed by atoms with Gasteiger partial charge in [0.2, 0.25) is 0 Å². The zero-order valence-electron chi connectivity index (χ0n) is 6.39. The highest BCUT2D eigenvalue weighted by Gasteiger charge is 2.45. The van der Waals surface area contributed by atoms with E-state index in [-0.39, 0.29) is 5.60 Å². The minimum Gasteiger partial charge on any atom is -0.344 e. The molecule has 1 saturated heterocycles. The fourth-order valence-corrected chi connectivity index (χ4v) is 1.55. The summed E-state index contributed by atoms with van der Waals surface area (Å²) in [7, 11) is 0. The predicted octanol–water partition coefficient (Wildman–Crippen LogP) is 1.47. The van der Waals surface area contributed by atoms with Gasteiger partial charge in [-0.15, -0.1) is 0 Å². The Morgan fingerprint density at radius 1 is 1.40 bits per heavy atom. The van der Waals surface area contributed by atoms with Gasteiger partial charge in [0.15, 0.2) is 5.79 Å². The molecule has 0 radical (unpaired) electrons. The first-order chi connectivity index (χ1) is 4.62. The van der Waals surface area contributed by atoms with Crippen molar-refractivity contribution in [2.45, 2.75) is 31.7 Å². The van der Waals surface area contributed by atoms with Gasteiger partial charge in [0, 0.05) is 0 Å². The normalized spacial score (nSPS) is 51.8. The Morgan fingerprint density at radius 2 is 2.20 bits per heavy atom. The van der Waals surface area contributed by atoms with E-state index >= 15 is 0 Å². The second-order valence-corrected chi connectivity index (χ2v) is 3.46. The molecule has 1 fully saturated rings. The summed E-state index contributed by atoms with van der Waals surface area (Å²) in [5.74, 6) is -0.424. The zero-order chi connectivity index (χ0) is 7.24. The van der Waals surface area contributed by atoms with E-state index in [1.54, 1.807) is 0 Å². The highest BCUT2D eigenvalue weighted by molar-refractivity contribution is 5.07. The van der Waals surface area contributed by atoms with Crippen molar-refractivity contribution in [3.63, 3.8) is 0 Å². The van der Waals surface area contributed by atoms with Gasteiger partial charge in [0.1, 0.15) is 0 Å². The van der Waals surface area contributed by atoms with E-state index in [0.717, 1.165) is 13.0 Å². The van der Waals surface area contributed by atoms with Gasteiger partial charge in [-0.05, 0) is 26.3 Å². The summed E-state index contributed by atoms with van der Waals surface area (Å²) < 4.78 is 11.1. The highest BCUT2D eigenvalue weighted by Crippen LogP contribution is 2.38. The minimum absolute atomic E-state index is 0.0521. The van der Waals surface area contributed by atoms with Crippen molar-refractivity contribution in [3.05, 3.63) is 12.2 Å². The van der Waals surface area contributed by atoms with Gasteiger partial charge in [0.05, 0.1) is 12.2 Å². The third-order valence-corrected chi connectivity index (χ3v) is 2.08. The van der Waals surface area contributed by atoms with Crippen LogP contribution in [0.4, 0.5) is 0 Å². The van der Waals surface area contributed by atoms with E-state index in [9.17, 15) is 0 Å². The van der Waals surface area contributed by atoms with Gasteiger partial charge in [-0.1, -0.05) is 6.08 Å². The van der Waals surface area contributed by atoms with Crippen molar-refractivity contribution in [1.82, 2.24) is 0 Å². The van der Waals surface area contributed by atoms with Crippen molar-refractivity contribution >= 4 is 0 Å². The molecule has 2 rings (SSSR count). The molecule has 2 aliphatic rings. The summed E-state index contributed by atoms with van der Waals surface area (Å²) in [6.45, 7) is 4.76. The lowest BCUT2D eigenvalue weighted by Crippen LogP contribution is -2.33. The standard InChI is InChI=1S/C8H12O2/c1-7-4-3-5-8(2,10-7)9-6-7/h3,5H,4,6H2,1-2H3/t7-,8+/m0/s1. The first-order valence-corrected chi connectivity index (χ1v) is 3.64. The number of fused-ring (bicyclic) bond motifs is 2.